The van der Waals surface area contributed by atoms with Crippen molar-refractivity contribution >= 4 is 42.7 Å². The number of fused-ring (bicyclic) bond motifs is 1. The van der Waals surface area contributed by atoms with Gasteiger partial charge < -0.3 is 9.88 Å². The number of nitrogens with one attached hydrogen (secondary N) is 1. The number of aryl methyl sites for hydroxylation is 1. The van der Waals surface area contributed by atoms with Gasteiger partial charge in [-0.1, -0.05) is 28.4 Å². The highest BCUT2D eigenvalue weighted by Crippen LogP contribution is 2.25. The first-order valence-electron chi connectivity index (χ1n) is 9.98. The van der Waals surface area contributed by atoms with E-state index in [1.807, 2.05) is 30.3 Å². The fourth-order valence-corrected chi connectivity index (χ4v) is 5.78. The molecule has 8 heteroatoms. The number of rotatable bonds is 6. The molecule has 0 bridgehead atoms. The molecule has 1 N–H and O–H groups in total. The molecule has 1 saturated heterocycles. The third-order valence-corrected chi connectivity index (χ3v) is 7.73. The van der Waals surface area contributed by atoms with Crippen molar-refractivity contribution in [2.75, 3.05) is 18.4 Å². The van der Waals surface area contributed by atoms with Gasteiger partial charge in [0.25, 0.3) is 0 Å². The third-order valence-electron chi connectivity index (χ3n) is 5.34. The molecule has 0 amide bonds. The van der Waals surface area contributed by atoms with Crippen LogP contribution in [0.5, 0.6) is 0 Å². The third kappa shape index (κ3) is 4.20. The van der Waals surface area contributed by atoms with Gasteiger partial charge in [0, 0.05) is 29.8 Å². The van der Waals surface area contributed by atoms with Gasteiger partial charge in [-0.3, -0.25) is 0 Å². The molecule has 1 aromatic heterocycles. The van der Waals surface area contributed by atoms with E-state index < -0.39 is 10.0 Å². The van der Waals surface area contributed by atoms with Gasteiger partial charge in [-0.15, -0.1) is 0 Å². The standard InChI is InChI=1S/C21H25BrN4O2S/c1-2-26-20-10-9-18(29(27,28)25-11-4-3-5-12-25)14-19(20)24-21(26)15-23-17-8-6-7-16(22)13-17/h6-10,13-14,23H,2-5,11-12,15H2,1H3. The van der Waals surface area contributed by atoms with E-state index in [2.05, 4.69) is 32.7 Å². The van der Waals surface area contributed by atoms with Crippen molar-refractivity contribution in [3.63, 3.8) is 0 Å². The van der Waals surface area contributed by atoms with Gasteiger partial charge in [-0.25, -0.2) is 13.4 Å². The van der Waals surface area contributed by atoms with Crippen LogP contribution in [0.25, 0.3) is 11.0 Å². The molecule has 4 rings (SSSR count). The lowest BCUT2D eigenvalue weighted by atomic mass is 10.2. The van der Waals surface area contributed by atoms with Gasteiger partial charge in [0.2, 0.25) is 10.0 Å². The van der Waals surface area contributed by atoms with Crippen molar-refractivity contribution < 1.29 is 8.42 Å². The molecule has 3 aromatic rings. The Bertz CT molecular complexity index is 1120. The van der Waals surface area contributed by atoms with Crippen LogP contribution in [-0.2, 0) is 23.1 Å². The lowest BCUT2D eigenvalue weighted by Gasteiger charge is -2.25. The highest BCUT2D eigenvalue weighted by atomic mass is 79.9. The Labute approximate surface area is 180 Å². The van der Waals surface area contributed by atoms with Crippen LogP contribution < -0.4 is 5.32 Å². The number of aromatic nitrogens is 2. The van der Waals surface area contributed by atoms with Crippen molar-refractivity contribution in [3.05, 3.63) is 52.8 Å². The fraction of sp³-hybridized carbons (Fsp3) is 0.381. The normalized spacial score (nSPS) is 15.7. The molecule has 6 nitrogen and oxygen atoms in total. The first-order chi connectivity index (χ1) is 14.0. The van der Waals surface area contributed by atoms with Crippen LogP contribution >= 0.6 is 15.9 Å². The summed E-state index contributed by atoms with van der Waals surface area (Å²) in [6, 6.07) is 13.3. The summed E-state index contributed by atoms with van der Waals surface area (Å²) < 4.78 is 30.8. The maximum absolute atomic E-state index is 13.0. The number of anilines is 1. The summed E-state index contributed by atoms with van der Waals surface area (Å²) in [6.45, 7) is 4.61. The van der Waals surface area contributed by atoms with Gasteiger partial charge in [0.15, 0.2) is 0 Å². The molecule has 0 aliphatic carbocycles. The summed E-state index contributed by atoms with van der Waals surface area (Å²) in [5, 5.41) is 3.39. The average molecular weight is 477 g/mol. The zero-order valence-electron chi connectivity index (χ0n) is 16.4. The molecular weight excluding hydrogens is 452 g/mol. The van der Waals surface area contributed by atoms with Crippen LogP contribution in [0.2, 0.25) is 0 Å². The first-order valence-corrected chi connectivity index (χ1v) is 12.2. The van der Waals surface area contributed by atoms with E-state index in [9.17, 15) is 8.42 Å². The summed E-state index contributed by atoms with van der Waals surface area (Å²) in [7, 11) is -3.46. The van der Waals surface area contributed by atoms with E-state index >= 15 is 0 Å². The zero-order chi connectivity index (χ0) is 20.4. The van der Waals surface area contributed by atoms with Crippen LogP contribution in [0.1, 0.15) is 32.0 Å². The van der Waals surface area contributed by atoms with Crippen molar-refractivity contribution in [2.45, 2.75) is 44.2 Å². The molecule has 0 spiro atoms. The number of benzene rings is 2. The topological polar surface area (TPSA) is 67.2 Å². The number of halogens is 1. The second-order valence-electron chi connectivity index (χ2n) is 7.25. The van der Waals surface area contributed by atoms with Crippen LogP contribution in [-0.4, -0.2) is 35.4 Å². The molecule has 1 aliphatic heterocycles. The van der Waals surface area contributed by atoms with Crippen molar-refractivity contribution in [2.24, 2.45) is 0 Å². The molecule has 0 radical (unpaired) electrons. The Kier molecular flexibility index (Phi) is 5.94. The van der Waals surface area contributed by atoms with E-state index in [0.29, 0.717) is 24.5 Å². The molecule has 1 fully saturated rings. The molecule has 29 heavy (non-hydrogen) atoms. The Hall–Kier alpha value is -1.90. The Morgan fingerprint density at radius 3 is 2.62 bits per heavy atom. The van der Waals surface area contributed by atoms with E-state index in [1.54, 1.807) is 16.4 Å². The van der Waals surface area contributed by atoms with Crippen LogP contribution in [0.15, 0.2) is 51.8 Å². The fourth-order valence-electron chi connectivity index (χ4n) is 3.84. The highest BCUT2D eigenvalue weighted by molar-refractivity contribution is 9.10. The number of piperidine rings is 1. The van der Waals surface area contributed by atoms with Crippen molar-refractivity contribution in [1.82, 2.24) is 13.9 Å². The maximum atomic E-state index is 13.0. The molecule has 2 aromatic carbocycles. The quantitative estimate of drug-likeness (QED) is 0.564. The number of nitrogens with zero attached hydrogens (tertiary/aromatic N) is 3. The molecule has 0 saturated carbocycles. The smallest absolute Gasteiger partial charge is 0.243 e. The largest absolute Gasteiger partial charge is 0.378 e. The molecule has 154 valence electrons. The summed E-state index contributed by atoms with van der Waals surface area (Å²) in [5.74, 6) is 0.884. The lowest BCUT2D eigenvalue weighted by molar-refractivity contribution is 0.346. The average Bonchev–Trinajstić information content (AvgIpc) is 3.09. The second-order valence-corrected chi connectivity index (χ2v) is 10.1. The van der Waals surface area contributed by atoms with Crippen LogP contribution in [0.4, 0.5) is 5.69 Å². The van der Waals surface area contributed by atoms with Gasteiger partial charge in [-0.05, 0) is 56.2 Å². The SMILES string of the molecule is CCn1c(CNc2cccc(Br)c2)nc2cc(S(=O)(=O)N3CCCCC3)ccc21. The van der Waals surface area contributed by atoms with E-state index in [4.69, 9.17) is 4.98 Å². The van der Waals surface area contributed by atoms with E-state index in [1.165, 1.54) is 0 Å². The minimum absolute atomic E-state index is 0.333. The Morgan fingerprint density at radius 2 is 1.90 bits per heavy atom. The summed E-state index contributed by atoms with van der Waals surface area (Å²) in [4.78, 5) is 5.08. The number of imidazole rings is 1. The minimum Gasteiger partial charge on any atom is -0.378 e. The van der Waals surface area contributed by atoms with Crippen LogP contribution in [0.3, 0.4) is 0 Å². The molecule has 0 unspecified atom stereocenters. The van der Waals surface area contributed by atoms with Gasteiger partial charge in [0.1, 0.15) is 5.82 Å². The first kappa shape index (κ1) is 20.4. The summed E-state index contributed by atoms with van der Waals surface area (Å²) in [6.07, 6.45) is 2.95. The monoisotopic (exact) mass is 476 g/mol. The van der Waals surface area contributed by atoms with Gasteiger partial charge in [-0.2, -0.15) is 4.31 Å². The van der Waals surface area contributed by atoms with E-state index in [0.717, 1.165) is 52.8 Å². The molecule has 0 atom stereocenters. The number of sulfonamides is 1. The summed E-state index contributed by atoms with van der Waals surface area (Å²) in [5.41, 5.74) is 2.68. The highest BCUT2D eigenvalue weighted by Gasteiger charge is 2.26. The van der Waals surface area contributed by atoms with Gasteiger partial charge >= 0.3 is 0 Å². The molecule has 1 aliphatic rings. The summed E-state index contributed by atoms with van der Waals surface area (Å²) >= 11 is 3.48. The molecular formula is C21H25BrN4O2S. The Morgan fingerprint density at radius 1 is 1.10 bits per heavy atom. The minimum atomic E-state index is -3.46. The van der Waals surface area contributed by atoms with Crippen molar-refractivity contribution in [1.29, 1.82) is 0 Å². The zero-order valence-corrected chi connectivity index (χ0v) is 18.8. The Balaban J connectivity index is 1.63. The number of hydrogen-bond acceptors (Lipinski definition) is 4. The van der Waals surface area contributed by atoms with Crippen LogP contribution in [0, 0.1) is 0 Å². The maximum Gasteiger partial charge on any atom is 0.243 e. The predicted molar refractivity (Wildman–Crippen MR) is 119 cm³/mol. The van der Waals surface area contributed by atoms with E-state index in [-0.39, 0.29) is 0 Å². The van der Waals surface area contributed by atoms with Crippen molar-refractivity contribution in [3.8, 4) is 0 Å². The van der Waals surface area contributed by atoms with Gasteiger partial charge in [0.05, 0.1) is 22.5 Å². The number of hydrogen-bond donors (Lipinski definition) is 1. The lowest BCUT2D eigenvalue weighted by Crippen LogP contribution is -2.35. The predicted octanol–water partition coefficient (Wildman–Crippen LogP) is 4.61. The second kappa shape index (κ2) is 8.45. The molecule has 2 heterocycles.